The molecule has 2 fully saturated rings. The van der Waals surface area contributed by atoms with Crippen molar-refractivity contribution in [3.05, 3.63) is 29.3 Å². The molecule has 0 bridgehead atoms. The minimum absolute atomic E-state index is 0.166. The average Bonchev–Trinajstić information content (AvgIpc) is 2.96. The van der Waals surface area contributed by atoms with Crippen molar-refractivity contribution in [3.8, 4) is 0 Å². The largest absolute Gasteiger partial charge is 0.394 e. The highest BCUT2D eigenvalue weighted by Crippen LogP contribution is 2.39. The normalized spacial score (nSPS) is 31.6. The predicted molar refractivity (Wildman–Crippen MR) is 74.1 cm³/mol. The zero-order chi connectivity index (χ0) is 12.6. The molecule has 18 heavy (non-hydrogen) atoms. The lowest BCUT2D eigenvalue weighted by molar-refractivity contribution is 0.175. The molecule has 0 aliphatic carbocycles. The third kappa shape index (κ3) is 1.91. The zero-order valence-electron chi connectivity index (χ0n) is 10.4. The fourth-order valence-corrected chi connectivity index (χ4v) is 3.61. The van der Waals surface area contributed by atoms with Gasteiger partial charge in [0, 0.05) is 12.6 Å². The van der Waals surface area contributed by atoms with Crippen LogP contribution in [0.5, 0.6) is 0 Å². The van der Waals surface area contributed by atoms with E-state index in [1.165, 1.54) is 6.42 Å². The summed E-state index contributed by atoms with van der Waals surface area (Å²) in [4.78, 5) is 2.49. The van der Waals surface area contributed by atoms with Crippen molar-refractivity contribution < 1.29 is 5.11 Å². The van der Waals surface area contributed by atoms with Gasteiger partial charge in [-0.2, -0.15) is 0 Å². The Labute approximate surface area is 113 Å². The minimum Gasteiger partial charge on any atom is -0.394 e. The number of benzene rings is 1. The van der Waals surface area contributed by atoms with Crippen molar-refractivity contribution >= 4 is 17.3 Å². The van der Waals surface area contributed by atoms with Gasteiger partial charge in [0.2, 0.25) is 0 Å². The van der Waals surface area contributed by atoms with Crippen LogP contribution in [0.3, 0.4) is 0 Å². The lowest BCUT2D eigenvalue weighted by Crippen LogP contribution is -2.50. The van der Waals surface area contributed by atoms with Crippen LogP contribution in [-0.2, 0) is 0 Å². The number of para-hydroxylation sites is 1. The molecule has 4 heteroatoms. The van der Waals surface area contributed by atoms with E-state index in [2.05, 4.69) is 10.2 Å². The van der Waals surface area contributed by atoms with E-state index in [0.29, 0.717) is 6.04 Å². The van der Waals surface area contributed by atoms with E-state index in [4.69, 9.17) is 11.6 Å². The molecule has 1 aromatic rings. The molecule has 3 rings (SSSR count). The molecule has 0 amide bonds. The monoisotopic (exact) mass is 266 g/mol. The van der Waals surface area contributed by atoms with E-state index in [9.17, 15) is 5.11 Å². The summed E-state index contributed by atoms with van der Waals surface area (Å²) in [5, 5.41) is 14.1. The fourth-order valence-electron chi connectivity index (χ4n) is 3.43. The van der Waals surface area contributed by atoms with Gasteiger partial charge in [0.25, 0.3) is 0 Å². The molecule has 3 nitrogen and oxygen atoms in total. The van der Waals surface area contributed by atoms with Crippen LogP contribution >= 0.6 is 11.6 Å². The van der Waals surface area contributed by atoms with Crippen molar-refractivity contribution in [1.29, 1.82) is 0 Å². The van der Waals surface area contributed by atoms with Gasteiger partial charge in [-0.1, -0.05) is 23.7 Å². The highest BCUT2D eigenvalue weighted by Gasteiger charge is 2.48. The van der Waals surface area contributed by atoms with Gasteiger partial charge in [-0.3, -0.25) is 4.90 Å². The Hall–Kier alpha value is -0.770. The standard InChI is InChI=1S/C14H19ClN2O/c15-11-4-1-2-5-12(11)16-14(10-18)7-9-17-8-3-6-13(14)17/h1-2,4-5,13,16,18H,3,6-10H2. The number of aliphatic hydroxyl groups is 1. The Kier molecular flexibility index (Phi) is 3.22. The van der Waals surface area contributed by atoms with Gasteiger partial charge in [-0.05, 0) is 37.9 Å². The average molecular weight is 267 g/mol. The summed E-state index contributed by atoms with van der Waals surface area (Å²) in [5.41, 5.74) is 0.712. The molecular formula is C14H19ClN2O. The number of fused-ring (bicyclic) bond motifs is 1. The van der Waals surface area contributed by atoms with Gasteiger partial charge in [0.05, 0.1) is 22.9 Å². The first kappa shape index (κ1) is 12.3. The molecule has 2 aliphatic rings. The Morgan fingerprint density at radius 3 is 3.00 bits per heavy atom. The number of hydrogen-bond acceptors (Lipinski definition) is 3. The maximum atomic E-state index is 9.88. The molecule has 2 unspecified atom stereocenters. The van der Waals surface area contributed by atoms with Crippen molar-refractivity contribution in [2.75, 3.05) is 25.0 Å². The van der Waals surface area contributed by atoms with E-state index < -0.39 is 0 Å². The summed E-state index contributed by atoms with van der Waals surface area (Å²) < 4.78 is 0. The van der Waals surface area contributed by atoms with Crippen LogP contribution in [0.15, 0.2) is 24.3 Å². The topological polar surface area (TPSA) is 35.5 Å². The molecule has 0 aromatic heterocycles. The van der Waals surface area contributed by atoms with Gasteiger partial charge in [0.15, 0.2) is 0 Å². The molecule has 0 saturated carbocycles. The number of rotatable bonds is 3. The molecule has 0 radical (unpaired) electrons. The Morgan fingerprint density at radius 2 is 2.22 bits per heavy atom. The number of nitrogens with zero attached hydrogens (tertiary/aromatic N) is 1. The summed E-state index contributed by atoms with van der Waals surface area (Å²) in [6.45, 7) is 2.40. The van der Waals surface area contributed by atoms with Crippen LogP contribution in [0.1, 0.15) is 19.3 Å². The smallest absolute Gasteiger partial charge is 0.0771 e. The lowest BCUT2D eigenvalue weighted by Gasteiger charge is -2.35. The van der Waals surface area contributed by atoms with Gasteiger partial charge >= 0.3 is 0 Å². The van der Waals surface area contributed by atoms with E-state index in [0.717, 1.165) is 36.6 Å². The van der Waals surface area contributed by atoms with E-state index >= 15 is 0 Å². The first-order valence-electron chi connectivity index (χ1n) is 6.63. The fraction of sp³-hybridized carbons (Fsp3) is 0.571. The second-order valence-electron chi connectivity index (χ2n) is 5.36. The molecular weight excluding hydrogens is 248 g/mol. The van der Waals surface area contributed by atoms with Crippen LogP contribution in [0.25, 0.3) is 0 Å². The SMILES string of the molecule is OCC1(Nc2ccccc2Cl)CCN2CCCC21. The van der Waals surface area contributed by atoms with Crippen LogP contribution < -0.4 is 5.32 Å². The van der Waals surface area contributed by atoms with Crippen LogP contribution in [-0.4, -0.2) is 41.3 Å². The van der Waals surface area contributed by atoms with Crippen LogP contribution in [0.4, 0.5) is 5.69 Å². The molecule has 2 atom stereocenters. The number of aliphatic hydroxyl groups excluding tert-OH is 1. The molecule has 1 aromatic carbocycles. The third-order valence-electron chi connectivity index (χ3n) is 4.39. The molecule has 2 saturated heterocycles. The maximum absolute atomic E-state index is 9.88. The van der Waals surface area contributed by atoms with Crippen molar-refractivity contribution in [2.24, 2.45) is 0 Å². The highest BCUT2D eigenvalue weighted by atomic mass is 35.5. The van der Waals surface area contributed by atoms with Crippen molar-refractivity contribution in [2.45, 2.75) is 30.8 Å². The number of nitrogens with one attached hydrogen (secondary N) is 1. The van der Waals surface area contributed by atoms with Gasteiger partial charge in [-0.25, -0.2) is 0 Å². The summed E-state index contributed by atoms with van der Waals surface area (Å²) in [5.74, 6) is 0. The summed E-state index contributed by atoms with van der Waals surface area (Å²) in [6, 6.07) is 8.21. The quantitative estimate of drug-likeness (QED) is 0.882. The van der Waals surface area contributed by atoms with Gasteiger partial charge < -0.3 is 10.4 Å². The number of anilines is 1. The Bertz CT molecular complexity index is 440. The molecule has 2 N–H and O–H groups in total. The molecule has 98 valence electrons. The summed E-state index contributed by atoms with van der Waals surface area (Å²) >= 11 is 6.21. The number of halogens is 1. The summed E-state index contributed by atoms with van der Waals surface area (Å²) in [6.07, 6.45) is 3.38. The van der Waals surface area contributed by atoms with Crippen LogP contribution in [0.2, 0.25) is 5.02 Å². The maximum Gasteiger partial charge on any atom is 0.0771 e. The number of hydrogen-bond donors (Lipinski definition) is 2. The third-order valence-corrected chi connectivity index (χ3v) is 4.72. The van der Waals surface area contributed by atoms with E-state index in [1.54, 1.807) is 0 Å². The molecule has 0 spiro atoms. The Morgan fingerprint density at radius 1 is 1.39 bits per heavy atom. The van der Waals surface area contributed by atoms with Gasteiger partial charge in [-0.15, -0.1) is 0 Å². The molecule has 2 aliphatic heterocycles. The first-order chi connectivity index (χ1) is 8.75. The first-order valence-corrected chi connectivity index (χ1v) is 7.01. The highest BCUT2D eigenvalue weighted by molar-refractivity contribution is 6.33. The molecule has 2 heterocycles. The second kappa shape index (κ2) is 4.72. The minimum atomic E-state index is -0.221. The second-order valence-corrected chi connectivity index (χ2v) is 5.77. The van der Waals surface area contributed by atoms with Crippen molar-refractivity contribution in [3.63, 3.8) is 0 Å². The lowest BCUT2D eigenvalue weighted by atomic mass is 9.89. The van der Waals surface area contributed by atoms with Crippen molar-refractivity contribution in [1.82, 2.24) is 4.90 Å². The predicted octanol–water partition coefficient (Wildman–Crippen LogP) is 2.35. The Balaban J connectivity index is 1.87. The zero-order valence-corrected chi connectivity index (χ0v) is 11.2. The summed E-state index contributed by atoms with van der Waals surface area (Å²) in [7, 11) is 0. The van der Waals surface area contributed by atoms with Gasteiger partial charge in [0.1, 0.15) is 0 Å². The van der Waals surface area contributed by atoms with Crippen LogP contribution in [0, 0.1) is 0 Å². The van der Waals surface area contributed by atoms with E-state index in [1.807, 2.05) is 24.3 Å². The van der Waals surface area contributed by atoms with E-state index in [-0.39, 0.29) is 12.1 Å².